The van der Waals surface area contributed by atoms with Crippen molar-refractivity contribution in [3.8, 4) is 11.5 Å². The highest BCUT2D eigenvalue weighted by molar-refractivity contribution is 8.13. The Labute approximate surface area is 216 Å². The van der Waals surface area contributed by atoms with Crippen LogP contribution in [0.4, 0.5) is 10.1 Å². The highest BCUT2D eigenvalue weighted by Crippen LogP contribution is 2.36. The number of amidine groups is 2. The van der Waals surface area contributed by atoms with Gasteiger partial charge in [0.1, 0.15) is 17.7 Å². The van der Waals surface area contributed by atoms with Gasteiger partial charge in [0.2, 0.25) is 12.7 Å². The summed E-state index contributed by atoms with van der Waals surface area (Å²) in [5.74, 6) is 1.35. The molecule has 1 N–H and O–H groups in total. The molecule has 3 heterocycles. The third-order valence-electron chi connectivity index (χ3n) is 6.19. The molecule has 2 amide bonds. The number of thioether (sulfide) groups is 1. The fourth-order valence-corrected chi connectivity index (χ4v) is 5.33. The van der Waals surface area contributed by atoms with Gasteiger partial charge in [-0.1, -0.05) is 42.1 Å². The number of carbonyl (C=O) groups excluding carboxylic acids is 2. The number of amides is 2. The van der Waals surface area contributed by atoms with Gasteiger partial charge < -0.3 is 14.8 Å². The lowest BCUT2D eigenvalue weighted by Gasteiger charge is -2.30. The average Bonchev–Trinajstić information content (AvgIpc) is 3.51. The zero-order valence-electron chi connectivity index (χ0n) is 19.5. The molecule has 0 saturated carbocycles. The highest BCUT2D eigenvalue weighted by atomic mass is 32.2. The number of para-hydroxylation sites is 1. The van der Waals surface area contributed by atoms with Gasteiger partial charge in [0.05, 0.1) is 12.1 Å². The number of aliphatic imine (C=N–C) groups is 2. The van der Waals surface area contributed by atoms with Crippen molar-refractivity contribution in [2.24, 2.45) is 9.98 Å². The Kier molecular flexibility index (Phi) is 6.09. The second-order valence-corrected chi connectivity index (χ2v) is 9.60. The van der Waals surface area contributed by atoms with E-state index in [9.17, 15) is 14.0 Å². The summed E-state index contributed by atoms with van der Waals surface area (Å²) in [6.45, 7) is 0.465. The van der Waals surface area contributed by atoms with Crippen molar-refractivity contribution < 1.29 is 23.5 Å². The first-order chi connectivity index (χ1) is 18.0. The van der Waals surface area contributed by atoms with Gasteiger partial charge in [-0.05, 0) is 47.5 Å². The Bertz CT molecular complexity index is 1460. The fraction of sp³-hybridized carbons (Fsp3) is 0.185. The van der Waals surface area contributed by atoms with Crippen LogP contribution in [-0.4, -0.2) is 40.6 Å². The molecule has 3 aromatic carbocycles. The van der Waals surface area contributed by atoms with E-state index in [1.807, 2.05) is 36.4 Å². The first-order valence-corrected chi connectivity index (χ1v) is 12.7. The number of ether oxygens (including phenoxy) is 2. The number of benzene rings is 3. The van der Waals surface area contributed by atoms with Crippen LogP contribution in [0, 0.1) is 5.82 Å². The molecular weight excluding hydrogens is 495 g/mol. The molecule has 0 bridgehead atoms. The molecule has 0 spiro atoms. The molecule has 3 aliphatic rings. The second-order valence-electron chi connectivity index (χ2n) is 8.65. The lowest BCUT2D eigenvalue weighted by Crippen LogP contribution is -2.45. The molecule has 0 aliphatic carbocycles. The second kappa shape index (κ2) is 9.70. The maximum Gasteiger partial charge on any atom is 0.271 e. The molecule has 0 aromatic heterocycles. The lowest BCUT2D eigenvalue weighted by molar-refractivity contribution is -0.126. The van der Waals surface area contributed by atoms with E-state index in [-0.39, 0.29) is 37.4 Å². The number of fused-ring (bicyclic) bond motifs is 4. The summed E-state index contributed by atoms with van der Waals surface area (Å²) >= 11 is 1.41. The maximum atomic E-state index is 13.3. The number of hydrogen-bond acceptors (Lipinski definition) is 7. The number of hydrogen-bond donors (Lipinski definition) is 1. The number of rotatable bonds is 6. The summed E-state index contributed by atoms with van der Waals surface area (Å²) in [5, 5.41) is 3.45. The largest absolute Gasteiger partial charge is 0.454 e. The molecule has 3 aromatic rings. The van der Waals surface area contributed by atoms with Crippen LogP contribution in [0.15, 0.2) is 76.7 Å². The van der Waals surface area contributed by atoms with E-state index in [4.69, 9.17) is 14.5 Å². The smallest absolute Gasteiger partial charge is 0.271 e. The molecule has 37 heavy (non-hydrogen) atoms. The van der Waals surface area contributed by atoms with E-state index in [1.165, 1.54) is 23.9 Å². The highest BCUT2D eigenvalue weighted by Gasteiger charge is 2.42. The predicted octanol–water partition coefficient (Wildman–Crippen LogP) is 4.15. The first-order valence-electron chi connectivity index (χ1n) is 11.7. The minimum absolute atomic E-state index is 0.0747. The number of nitrogens with zero attached hydrogens (tertiary/aromatic N) is 3. The van der Waals surface area contributed by atoms with E-state index < -0.39 is 6.04 Å². The van der Waals surface area contributed by atoms with Crippen molar-refractivity contribution in [1.82, 2.24) is 10.2 Å². The maximum absolute atomic E-state index is 13.3. The molecule has 0 saturated heterocycles. The first kappa shape index (κ1) is 23.2. The SMILES string of the molecule is O=C(CC1C(=O)N=C2c3ccccc3N=C(SCc3ccc(F)cc3)N21)NCc1ccc2c(c1)OCO2. The molecule has 3 aliphatic heterocycles. The zero-order valence-corrected chi connectivity index (χ0v) is 20.3. The Morgan fingerprint density at radius 1 is 1.03 bits per heavy atom. The van der Waals surface area contributed by atoms with Gasteiger partial charge in [-0.2, -0.15) is 4.99 Å². The van der Waals surface area contributed by atoms with Crippen LogP contribution in [0.5, 0.6) is 11.5 Å². The number of nitrogens with one attached hydrogen (secondary N) is 1. The average molecular weight is 517 g/mol. The van der Waals surface area contributed by atoms with E-state index in [0.717, 1.165) is 16.7 Å². The Balaban J connectivity index is 1.19. The van der Waals surface area contributed by atoms with Gasteiger partial charge in [0, 0.05) is 17.9 Å². The molecule has 10 heteroatoms. The Hall–Kier alpha value is -4.18. The van der Waals surface area contributed by atoms with Crippen molar-refractivity contribution in [2.75, 3.05) is 6.79 Å². The molecule has 8 nitrogen and oxygen atoms in total. The lowest BCUT2D eigenvalue weighted by atomic mass is 10.1. The van der Waals surface area contributed by atoms with E-state index in [0.29, 0.717) is 33.9 Å². The monoisotopic (exact) mass is 516 g/mol. The minimum atomic E-state index is -0.806. The quantitative estimate of drug-likeness (QED) is 0.529. The van der Waals surface area contributed by atoms with Crippen molar-refractivity contribution in [1.29, 1.82) is 0 Å². The Morgan fingerprint density at radius 3 is 2.68 bits per heavy atom. The van der Waals surface area contributed by atoms with Crippen molar-refractivity contribution >= 4 is 40.3 Å². The van der Waals surface area contributed by atoms with Crippen molar-refractivity contribution in [3.05, 3.63) is 89.2 Å². The van der Waals surface area contributed by atoms with Gasteiger partial charge >= 0.3 is 0 Å². The van der Waals surface area contributed by atoms with Gasteiger partial charge in [-0.25, -0.2) is 9.38 Å². The van der Waals surface area contributed by atoms with Gasteiger partial charge in [0.25, 0.3) is 5.91 Å². The Morgan fingerprint density at radius 2 is 1.81 bits per heavy atom. The topological polar surface area (TPSA) is 92.6 Å². The van der Waals surface area contributed by atoms with Gasteiger partial charge in [-0.15, -0.1) is 0 Å². The minimum Gasteiger partial charge on any atom is -0.454 e. The zero-order chi connectivity index (χ0) is 25.4. The van der Waals surface area contributed by atoms with Crippen molar-refractivity contribution in [3.63, 3.8) is 0 Å². The third-order valence-corrected chi connectivity index (χ3v) is 7.22. The summed E-state index contributed by atoms with van der Waals surface area (Å²) in [5.41, 5.74) is 3.22. The van der Waals surface area contributed by atoms with E-state index in [1.54, 1.807) is 23.1 Å². The normalized spacial score (nSPS) is 17.2. The van der Waals surface area contributed by atoms with Crippen LogP contribution in [-0.2, 0) is 21.9 Å². The van der Waals surface area contributed by atoms with Crippen LogP contribution >= 0.6 is 11.8 Å². The molecule has 0 fully saturated rings. The van der Waals surface area contributed by atoms with Crippen LogP contribution in [0.1, 0.15) is 23.1 Å². The summed E-state index contributed by atoms with van der Waals surface area (Å²) in [4.78, 5) is 36.8. The molecule has 1 unspecified atom stereocenters. The summed E-state index contributed by atoms with van der Waals surface area (Å²) in [6.07, 6.45) is -0.0747. The van der Waals surface area contributed by atoms with Crippen LogP contribution in [0.25, 0.3) is 0 Å². The summed E-state index contributed by atoms with van der Waals surface area (Å²) in [7, 11) is 0. The summed E-state index contributed by atoms with van der Waals surface area (Å²) in [6, 6.07) is 18.4. The predicted molar refractivity (Wildman–Crippen MR) is 137 cm³/mol. The van der Waals surface area contributed by atoms with E-state index in [2.05, 4.69) is 10.3 Å². The molecule has 6 rings (SSSR count). The molecular formula is C27H21FN4O4S. The van der Waals surface area contributed by atoms with Crippen LogP contribution < -0.4 is 14.8 Å². The van der Waals surface area contributed by atoms with Crippen molar-refractivity contribution in [2.45, 2.75) is 24.8 Å². The molecule has 0 radical (unpaired) electrons. The van der Waals surface area contributed by atoms with Gasteiger partial charge in [-0.3, -0.25) is 14.5 Å². The fourth-order valence-electron chi connectivity index (χ4n) is 4.33. The molecule has 186 valence electrons. The van der Waals surface area contributed by atoms with E-state index >= 15 is 0 Å². The summed E-state index contributed by atoms with van der Waals surface area (Å²) < 4.78 is 24.0. The third kappa shape index (κ3) is 4.67. The number of halogens is 1. The van der Waals surface area contributed by atoms with Crippen LogP contribution in [0.2, 0.25) is 0 Å². The van der Waals surface area contributed by atoms with Gasteiger partial charge in [0.15, 0.2) is 16.7 Å². The standard InChI is InChI=1S/C27H21FN4O4S/c28-18-8-5-16(6-9-18)14-37-27-30-20-4-2-1-3-19(20)25-31-26(34)21(32(25)27)12-24(33)29-13-17-7-10-22-23(11-17)36-15-35-22/h1-11,21H,12-15H2,(H,29,33). The van der Waals surface area contributed by atoms with Crippen LogP contribution in [0.3, 0.4) is 0 Å². The molecule has 1 atom stereocenters. The number of carbonyl (C=O) groups is 2.